The molecular formula is C14H18ClNO5. The van der Waals surface area contributed by atoms with E-state index in [4.69, 9.17) is 21.4 Å². The highest BCUT2D eigenvalue weighted by atomic mass is 35.5. The van der Waals surface area contributed by atoms with Gasteiger partial charge in [0.15, 0.2) is 0 Å². The fourth-order valence-corrected chi connectivity index (χ4v) is 1.96. The van der Waals surface area contributed by atoms with E-state index in [1.54, 1.807) is 13.8 Å². The van der Waals surface area contributed by atoms with E-state index >= 15 is 0 Å². The number of carbonyl (C=O) groups is 1. The fourth-order valence-electron chi connectivity index (χ4n) is 1.73. The zero-order chi connectivity index (χ0) is 16.0. The van der Waals surface area contributed by atoms with E-state index in [-0.39, 0.29) is 23.1 Å². The summed E-state index contributed by atoms with van der Waals surface area (Å²) >= 11 is 5.89. The number of carboxylic acid groups (broad SMARTS) is 1. The molecule has 0 saturated carbocycles. The summed E-state index contributed by atoms with van der Waals surface area (Å²) in [6.45, 7) is 3.57. The summed E-state index contributed by atoms with van der Waals surface area (Å²) in [5.41, 5.74) is -0.954. The van der Waals surface area contributed by atoms with Crippen molar-refractivity contribution >= 4 is 23.3 Å². The van der Waals surface area contributed by atoms with Crippen LogP contribution < -0.4 is 4.74 Å². The molecule has 0 aromatic heterocycles. The number of nitro benzene ring substituents is 1. The normalized spacial score (nSPS) is 11.2. The lowest BCUT2D eigenvalue weighted by molar-refractivity contribution is -0.385. The number of rotatable bonds is 8. The molecule has 0 aliphatic carbocycles. The van der Waals surface area contributed by atoms with Crippen molar-refractivity contribution in [3.63, 3.8) is 0 Å². The van der Waals surface area contributed by atoms with Crippen molar-refractivity contribution in [2.75, 3.05) is 6.61 Å². The highest BCUT2D eigenvalue weighted by Gasteiger charge is 2.26. The van der Waals surface area contributed by atoms with Crippen molar-refractivity contribution in [2.45, 2.75) is 33.1 Å². The van der Waals surface area contributed by atoms with Crippen LogP contribution in [0.4, 0.5) is 5.69 Å². The van der Waals surface area contributed by atoms with Gasteiger partial charge in [-0.15, -0.1) is 0 Å². The first-order chi connectivity index (χ1) is 9.75. The van der Waals surface area contributed by atoms with E-state index in [1.165, 1.54) is 18.2 Å². The zero-order valence-corrected chi connectivity index (χ0v) is 12.7. The molecule has 0 fully saturated rings. The van der Waals surface area contributed by atoms with E-state index in [1.807, 2.05) is 0 Å². The molecule has 1 N–H and O–H groups in total. The van der Waals surface area contributed by atoms with Gasteiger partial charge in [0.05, 0.1) is 22.0 Å². The van der Waals surface area contributed by atoms with Gasteiger partial charge in [-0.25, -0.2) is 0 Å². The van der Waals surface area contributed by atoms with Crippen LogP contribution in [0.3, 0.4) is 0 Å². The van der Waals surface area contributed by atoms with Crippen molar-refractivity contribution in [3.8, 4) is 5.75 Å². The number of benzene rings is 1. The Morgan fingerprint density at radius 1 is 1.43 bits per heavy atom. The third kappa shape index (κ3) is 4.90. The monoisotopic (exact) mass is 315 g/mol. The summed E-state index contributed by atoms with van der Waals surface area (Å²) in [6, 6.07) is 4.34. The smallest absolute Gasteiger partial charge is 0.312 e. The second-order valence-corrected chi connectivity index (χ2v) is 5.75. The highest BCUT2D eigenvalue weighted by molar-refractivity contribution is 6.32. The summed E-state index contributed by atoms with van der Waals surface area (Å²) in [5, 5.41) is 20.0. The number of nitro groups is 1. The van der Waals surface area contributed by atoms with Crippen molar-refractivity contribution in [1.29, 1.82) is 0 Å². The average molecular weight is 316 g/mol. The van der Waals surface area contributed by atoms with Crippen LogP contribution in [-0.4, -0.2) is 22.6 Å². The maximum atomic E-state index is 10.9. The number of hydrogen-bond donors (Lipinski definition) is 1. The molecule has 116 valence electrons. The Morgan fingerprint density at radius 3 is 2.67 bits per heavy atom. The quantitative estimate of drug-likeness (QED) is 0.446. The molecule has 0 amide bonds. The van der Waals surface area contributed by atoms with E-state index in [2.05, 4.69) is 0 Å². The lowest BCUT2D eigenvalue weighted by atomic mass is 9.87. The molecule has 0 atom stereocenters. The predicted octanol–water partition coefficient (Wildman–Crippen LogP) is 3.91. The van der Waals surface area contributed by atoms with Crippen LogP contribution in [0.25, 0.3) is 0 Å². The fraction of sp³-hybridized carbons (Fsp3) is 0.500. The Bertz CT molecular complexity index is 530. The molecule has 0 aliphatic rings. The summed E-state index contributed by atoms with van der Waals surface area (Å²) in [5.74, 6) is -0.785. The van der Waals surface area contributed by atoms with Crippen molar-refractivity contribution in [2.24, 2.45) is 5.41 Å². The molecule has 0 aliphatic heterocycles. The van der Waals surface area contributed by atoms with Crippen LogP contribution in [-0.2, 0) is 4.79 Å². The molecule has 1 aromatic rings. The third-order valence-corrected chi connectivity index (χ3v) is 3.46. The van der Waals surface area contributed by atoms with Gasteiger partial charge < -0.3 is 9.84 Å². The number of para-hydroxylation sites is 1. The van der Waals surface area contributed by atoms with Crippen LogP contribution in [0.2, 0.25) is 5.02 Å². The van der Waals surface area contributed by atoms with Gasteiger partial charge in [0, 0.05) is 6.07 Å². The zero-order valence-electron chi connectivity index (χ0n) is 12.0. The Balaban J connectivity index is 2.51. The topological polar surface area (TPSA) is 89.7 Å². The first kappa shape index (κ1) is 17.2. The van der Waals surface area contributed by atoms with E-state index in [0.29, 0.717) is 19.3 Å². The molecule has 1 aromatic carbocycles. The molecule has 0 radical (unpaired) electrons. The highest BCUT2D eigenvalue weighted by Crippen LogP contribution is 2.34. The summed E-state index contributed by atoms with van der Waals surface area (Å²) in [7, 11) is 0. The van der Waals surface area contributed by atoms with Gasteiger partial charge in [-0.2, -0.15) is 0 Å². The molecule has 0 heterocycles. The second-order valence-electron chi connectivity index (χ2n) is 5.34. The Labute approximate surface area is 127 Å². The van der Waals surface area contributed by atoms with Crippen molar-refractivity contribution in [1.82, 2.24) is 0 Å². The lowest BCUT2D eigenvalue weighted by Crippen LogP contribution is -2.23. The summed E-state index contributed by atoms with van der Waals surface area (Å²) in [4.78, 5) is 21.3. The molecule has 0 unspecified atom stereocenters. The first-order valence-electron chi connectivity index (χ1n) is 6.55. The molecule has 0 saturated heterocycles. The second kappa shape index (κ2) is 7.26. The summed E-state index contributed by atoms with van der Waals surface area (Å²) in [6.07, 6.45) is 1.76. The van der Waals surface area contributed by atoms with Crippen molar-refractivity contribution < 1.29 is 19.6 Å². The molecular weight excluding hydrogens is 298 g/mol. The molecule has 0 spiro atoms. The minimum atomic E-state index is -0.842. The number of unbranched alkanes of at least 4 members (excludes halogenated alkanes) is 1. The van der Waals surface area contributed by atoms with Gasteiger partial charge in [-0.1, -0.05) is 17.7 Å². The van der Waals surface area contributed by atoms with Crippen molar-refractivity contribution in [3.05, 3.63) is 33.3 Å². The lowest BCUT2D eigenvalue weighted by Gasteiger charge is -2.18. The minimum absolute atomic E-state index is 0.0571. The SMILES string of the molecule is CC(C)(CCCCOc1c(Cl)cccc1[N+](=O)[O-])C(=O)O. The van der Waals surface area contributed by atoms with Gasteiger partial charge in [-0.3, -0.25) is 14.9 Å². The predicted molar refractivity (Wildman–Crippen MR) is 78.9 cm³/mol. The maximum absolute atomic E-state index is 10.9. The molecule has 1 rings (SSSR count). The van der Waals surface area contributed by atoms with Crippen LogP contribution in [0.1, 0.15) is 33.1 Å². The maximum Gasteiger partial charge on any atom is 0.312 e. The Hall–Kier alpha value is -1.82. The van der Waals surface area contributed by atoms with Gasteiger partial charge in [0.2, 0.25) is 5.75 Å². The van der Waals surface area contributed by atoms with E-state index in [9.17, 15) is 14.9 Å². The Kier molecular flexibility index (Phi) is 5.96. The number of aliphatic carboxylic acids is 1. The number of hydrogen-bond acceptors (Lipinski definition) is 4. The number of nitrogens with zero attached hydrogens (tertiary/aromatic N) is 1. The average Bonchev–Trinajstić information content (AvgIpc) is 2.39. The number of halogens is 1. The number of carboxylic acids is 1. The van der Waals surface area contributed by atoms with Crippen LogP contribution in [0.15, 0.2) is 18.2 Å². The first-order valence-corrected chi connectivity index (χ1v) is 6.92. The minimum Gasteiger partial charge on any atom is -0.486 e. The Morgan fingerprint density at radius 2 is 2.10 bits per heavy atom. The van der Waals surface area contributed by atoms with Gasteiger partial charge in [0.25, 0.3) is 0 Å². The van der Waals surface area contributed by atoms with E-state index < -0.39 is 16.3 Å². The van der Waals surface area contributed by atoms with Crippen LogP contribution in [0, 0.1) is 15.5 Å². The largest absolute Gasteiger partial charge is 0.486 e. The van der Waals surface area contributed by atoms with Crippen LogP contribution >= 0.6 is 11.6 Å². The standard InChI is InChI=1S/C14H18ClNO5/c1-14(2,13(17)18)8-3-4-9-21-12-10(15)6-5-7-11(12)16(19)20/h5-7H,3-4,8-9H2,1-2H3,(H,17,18). The molecule has 6 nitrogen and oxygen atoms in total. The van der Waals surface area contributed by atoms with Gasteiger partial charge in [0.1, 0.15) is 0 Å². The van der Waals surface area contributed by atoms with Crippen LogP contribution in [0.5, 0.6) is 5.75 Å². The molecule has 7 heteroatoms. The number of ether oxygens (including phenoxy) is 1. The molecule has 0 bridgehead atoms. The van der Waals surface area contributed by atoms with E-state index in [0.717, 1.165) is 0 Å². The third-order valence-electron chi connectivity index (χ3n) is 3.16. The summed E-state index contributed by atoms with van der Waals surface area (Å²) < 4.78 is 5.38. The van der Waals surface area contributed by atoms with Gasteiger partial charge in [-0.05, 0) is 39.2 Å². The van der Waals surface area contributed by atoms with Gasteiger partial charge >= 0.3 is 11.7 Å². The molecule has 21 heavy (non-hydrogen) atoms.